The van der Waals surface area contributed by atoms with E-state index in [1.165, 1.54) is 0 Å². The molecule has 2 atom stereocenters. The molecule has 0 bridgehead atoms. The van der Waals surface area contributed by atoms with Crippen LogP contribution in [0.4, 0.5) is 0 Å². The fraction of sp³-hybridized carbons (Fsp3) is 0.800. The molecule has 0 fully saturated rings. The molecule has 0 spiro atoms. The highest BCUT2D eigenvalue weighted by Crippen LogP contribution is 2.25. The van der Waals surface area contributed by atoms with Crippen molar-refractivity contribution in [2.75, 3.05) is 6.61 Å². The van der Waals surface area contributed by atoms with Crippen molar-refractivity contribution >= 4 is 11.6 Å². The minimum Gasteiger partial charge on any atom is -0.390 e. The Labute approximate surface area is 127 Å². The molecule has 0 saturated heterocycles. The molecule has 1 N–H and O–H groups in total. The molecule has 0 aliphatic rings. The van der Waals surface area contributed by atoms with Crippen LogP contribution in [-0.4, -0.2) is 33.7 Å². The number of hydrogen-bond donors (Lipinski definition) is 1. The third-order valence-electron chi connectivity index (χ3n) is 3.49. The number of halogens is 1. The minimum absolute atomic E-state index is 0.179. The van der Waals surface area contributed by atoms with Gasteiger partial charge < -0.3 is 9.84 Å². The van der Waals surface area contributed by atoms with Crippen LogP contribution in [0.15, 0.2) is 0 Å². The Bertz CT molecular complexity index is 418. The summed E-state index contributed by atoms with van der Waals surface area (Å²) in [5.74, 6) is 0.257. The maximum absolute atomic E-state index is 10.5. The quantitative estimate of drug-likeness (QED) is 0.803. The molecule has 0 radical (unpaired) electrons. The second kappa shape index (κ2) is 8.01. The molecule has 1 aromatic rings. The molecule has 0 aliphatic heterocycles. The van der Waals surface area contributed by atoms with Crippen molar-refractivity contribution in [2.24, 2.45) is 5.92 Å². The zero-order valence-electron chi connectivity index (χ0n) is 13.2. The zero-order chi connectivity index (χ0) is 15.3. The number of aromatic nitrogens is 2. The van der Waals surface area contributed by atoms with E-state index in [9.17, 15) is 5.11 Å². The second-order valence-electron chi connectivity index (χ2n) is 5.31. The van der Waals surface area contributed by atoms with Crippen molar-refractivity contribution in [3.05, 3.63) is 16.4 Å². The molecule has 5 heteroatoms. The fourth-order valence-electron chi connectivity index (χ4n) is 2.47. The summed E-state index contributed by atoms with van der Waals surface area (Å²) in [6, 6.07) is 0. The number of ether oxygens (including phenoxy) is 1. The van der Waals surface area contributed by atoms with E-state index in [1.807, 2.05) is 25.5 Å². The lowest BCUT2D eigenvalue weighted by molar-refractivity contribution is -0.0568. The Morgan fingerprint density at radius 2 is 1.95 bits per heavy atom. The van der Waals surface area contributed by atoms with Gasteiger partial charge in [-0.15, -0.1) is 0 Å². The molecule has 0 aromatic carbocycles. The van der Waals surface area contributed by atoms with Crippen LogP contribution in [0.5, 0.6) is 0 Å². The summed E-state index contributed by atoms with van der Waals surface area (Å²) in [5.41, 5.74) is 1.80. The van der Waals surface area contributed by atoms with Gasteiger partial charge in [-0.2, -0.15) is 5.10 Å². The van der Waals surface area contributed by atoms with Gasteiger partial charge in [-0.25, -0.2) is 0 Å². The summed E-state index contributed by atoms with van der Waals surface area (Å²) in [7, 11) is 0. The van der Waals surface area contributed by atoms with Crippen molar-refractivity contribution in [2.45, 2.75) is 66.2 Å². The lowest BCUT2D eigenvalue weighted by atomic mass is 9.98. The van der Waals surface area contributed by atoms with Crippen molar-refractivity contribution in [3.63, 3.8) is 0 Å². The van der Waals surface area contributed by atoms with Crippen molar-refractivity contribution in [3.8, 4) is 0 Å². The van der Waals surface area contributed by atoms with Crippen LogP contribution in [-0.2, 0) is 24.1 Å². The molecule has 0 saturated carbocycles. The highest BCUT2D eigenvalue weighted by molar-refractivity contribution is 6.31. The highest BCUT2D eigenvalue weighted by Gasteiger charge is 2.26. The fourth-order valence-corrected chi connectivity index (χ4v) is 2.81. The predicted octanol–water partition coefficient (Wildman–Crippen LogP) is 3.08. The Hall–Kier alpha value is -0.580. The van der Waals surface area contributed by atoms with E-state index in [4.69, 9.17) is 16.3 Å². The first kappa shape index (κ1) is 17.5. The molecular formula is C15H27ClN2O2. The SMILES string of the molecule is CCOC(C(C)C)C(O)Cc1c(Cl)c(CC)nn1CC. The van der Waals surface area contributed by atoms with Gasteiger partial charge in [0.25, 0.3) is 0 Å². The van der Waals surface area contributed by atoms with Crippen LogP contribution < -0.4 is 0 Å². The standard InChI is InChI=1S/C15H27ClN2O2/c1-6-11-14(16)12(18(7-2)17-11)9-13(19)15(10(4)5)20-8-3/h10,13,15,19H,6-9H2,1-5H3. The molecule has 1 heterocycles. The van der Waals surface area contributed by atoms with E-state index in [2.05, 4.69) is 18.9 Å². The van der Waals surface area contributed by atoms with Crippen LogP contribution in [0.25, 0.3) is 0 Å². The Kier molecular flexibility index (Phi) is 7.00. The average molecular weight is 303 g/mol. The molecule has 1 rings (SSSR count). The summed E-state index contributed by atoms with van der Waals surface area (Å²) in [6.45, 7) is 11.5. The third kappa shape index (κ3) is 3.96. The smallest absolute Gasteiger partial charge is 0.0860 e. The largest absolute Gasteiger partial charge is 0.390 e. The van der Waals surface area contributed by atoms with Gasteiger partial charge in [0.2, 0.25) is 0 Å². The van der Waals surface area contributed by atoms with Gasteiger partial charge in [0, 0.05) is 19.6 Å². The summed E-state index contributed by atoms with van der Waals surface area (Å²) < 4.78 is 7.54. The van der Waals surface area contributed by atoms with E-state index < -0.39 is 6.10 Å². The topological polar surface area (TPSA) is 47.3 Å². The van der Waals surface area contributed by atoms with Gasteiger partial charge in [0.15, 0.2) is 0 Å². The number of aryl methyl sites for hydroxylation is 2. The second-order valence-corrected chi connectivity index (χ2v) is 5.69. The van der Waals surface area contributed by atoms with Crippen molar-refractivity contribution in [1.29, 1.82) is 0 Å². The van der Waals surface area contributed by atoms with Crippen molar-refractivity contribution < 1.29 is 9.84 Å². The predicted molar refractivity (Wildman–Crippen MR) is 82.3 cm³/mol. The van der Waals surface area contributed by atoms with Crippen LogP contribution >= 0.6 is 11.6 Å². The van der Waals surface area contributed by atoms with E-state index in [-0.39, 0.29) is 12.0 Å². The first-order valence-corrected chi connectivity index (χ1v) is 7.87. The lowest BCUT2D eigenvalue weighted by Gasteiger charge is -2.26. The molecule has 116 valence electrons. The minimum atomic E-state index is -0.570. The van der Waals surface area contributed by atoms with Gasteiger partial charge in [0.1, 0.15) is 0 Å². The van der Waals surface area contributed by atoms with Crippen LogP contribution in [0.1, 0.15) is 46.0 Å². The Morgan fingerprint density at radius 1 is 1.30 bits per heavy atom. The van der Waals surface area contributed by atoms with Crippen LogP contribution in [0.2, 0.25) is 5.02 Å². The summed E-state index contributed by atoms with van der Waals surface area (Å²) in [4.78, 5) is 0. The van der Waals surface area contributed by atoms with Gasteiger partial charge >= 0.3 is 0 Å². The summed E-state index contributed by atoms with van der Waals surface area (Å²) >= 11 is 6.38. The van der Waals surface area contributed by atoms with E-state index >= 15 is 0 Å². The third-order valence-corrected chi connectivity index (χ3v) is 3.93. The van der Waals surface area contributed by atoms with Gasteiger partial charge in [-0.3, -0.25) is 4.68 Å². The van der Waals surface area contributed by atoms with Gasteiger partial charge in [-0.05, 0) is 26.2 Å². The Balaban J connectivity index is 2.93. The van der Waals surface area contributed by atoms with Crippen molar-refractivity contribution in [1.82, 2.24) is 9.78 Å². The summed E-state index contributed by atoms with van der Waals surface area (Å²) in [5, 5.41) is 15.6. The maximum Gasteiger partial charge on any atom is 0.0860 e. The molecular weight excluding hydrogens is 276 g/mol. The van der Waals surface area contributed by atoms with Crippen LogP contribution in [0, 0.1) is 5.92 Å². The molecule has 1 aromatic heterocycles. The number of aliphatic hydroxyl groups excluding tert-OH is 1. The molecule has 20 heavy (non-hydrogen) atoms. The number of aliphatic hydroxyl groups is 1. The van der Waals surface area contributed by atoms with E-state index in [0.29, 0.717) is 18.1 Å². The van der Waals surface area contributed by atoms with Gasteiger partial charge in [-0.1, -0.05) is 32.4 Å². The molecule has 2 unspecified atom stereocenters. The number of nitrogens with zero attached hydrogens (tertiary/aromatic N) is 2. The summed E-state index contributed by atoms with van der Waals surface area (Å²) in [6.07, 6.45) is 0.525. The Morgan fingerprint density at radius 3 is 2.40 bits per heavy atom. The maximum atomic E-state index is 10.5. The van der Waals surface area contributed by atoms with E-state index in [0.717, 1.165) is 24.4 Å². The first-order chi connectivity index (χ1) is 9.46. The molecule has 0 aliphatic carbocycles. The molecule has 4 nitrogen and oxygen atoms in total. The average Bonchev–Trinajstić information content (AvgIpc) is 2.72. The lowest BCUT2D eigenvalue weighted by Crippen LogP contribution is -2.36. The van der Waals surface area contributed by atoms with Crippen LogP contribution in [0.3, 0.4) is 0 Å². The number of rotatable bonds is 8. The highest BCUT2D eigenvalue weighted by atomic mass is 35.5. The first-order valence-electron chi connectivity index (χ1n) is 7.49. The zero-order valence-corrected chi connectivity index (χ0v) is 13.9. The number of hydrogen-bond acceptors (Lipinski definition) is 3. The monoisotopic (exact) mass is 302 g/mol. The van der Waals surface area contributed by atoms with Gasteiger partial charge in [0.05, 0.1) is 28.6 Å². The normalized spacial score (nSPS) is 14.8. The van der Waals surface area contributed by atoms with E-state index in [1.54, 1.807) is 0 Å². The molecule has 0 amide bonds.